The van der Waals surface area contributed by atoms with Gasteiger partial charge in [0.25, 0.3) is 5.91 Å². The Morgan fingerprint density at radius 1 is 0.917 bits per heavy atom. The van der Waals surface area contributed by atoms with E-state index in [9.17, 15) is 4.79 Å². The number of benzene rings is 2. The predicted molar refractivity (Wildman–Crippen MR) is 97.6 cm³/mol. The standard InChI is InChI=1S/C20H19N3O/c24-20(18-8-5-9-19(22-18)23-12-3-4-13-23)21-17-11-10-15-6-1-2-7-16(15)14-17/h1-2,5-11,14H,3-4,12-13H2,(H,21,24). The maximum Gasteiger partial charge on any atom is 0.274 e. The van der Waals surface area contributed by atoms with E-state index in [1.54, 1.807) is 6.07 Å². The fraction of sp³-hybridized carbons (Fsp3) is 0.200. The highest BCUT2D eigenvalue weighted by Gasteiger charge is 2.15. The minimum atomic E-state index is -0.175. The quantitative estimate of drug-likeness (QED) is 0.791. The zero-order valence-corrected chi connectivity index (χ0v) is 13.4. The smallest absolute Gasteiger partial charge is 0.274 e. The molecular weight excluding hydrogens is 298 g/mol. The monoisotopic (exact) mass is 317 g/mol. The van der Waals surface area contributed by atoms with Gasteiger partial charge in [-0.1, -0.05) is 36.4 Å². The van der Waals surface area contributed by atoms with Crippen molar-refractivity contribution < 1.29 is 4.79 Å². The molecule has 120 valence electrons. The third-order valence-electron chi connectivity index (χ3n) is 4.40. The molecule has 0 atom stereocenters. The normalized spacial score (nSPS) is 14.1. The molecule has 0 aliphatic carbocycles. The van der Waals surface area contributed by atoms with E-state index >= 15 is 0 Å². The van der Waals surface area contributed by atoms with Crippen molar-refractivity contribution >= 4 is 28.2 Å². The summed E-state index contributed by atoms with van der Waals surface area (Å²) in [5.41, 5.74) is 1.24. The van der Waals surface area contributed by atoms with Crippen LogP contribution in [-0.4, -0.2) is 24.0 Å². The first-order valence-electron chi connectivity index (χ1n) is 8.32. The molecule has 1 N–H and O–H groups in total. The molecule has 0 bridgehead atoms. The number of carbonyl (C=O) groups is 1. The van der Waals surface area contributed by atoms with E-state index in [1.807, 2.05) is 48.5 Å². The molecule has 0 radical (unpaired) electrons. The summed E-state index contributed by atoms with van der Waals surface area (Å²) in [5.74, 6) is 0.713. The van der Waals surface area contributed by atoms with Crippen molar-refractivity contribution in [2.45, 2.75) is 12.8 Å². The highest BCUT2D eigenvalue weighted by atomic mass is 16.1. The van der Waals surface area contributed by atoms with Crippen LogP contribution in [0.4, 0.5) is 11.5 Å². The van der Waals surface area contributed by atoms with Crippen molar-refractivity contribution in [2.75, 3.05) is 23.3 Å². The maximum absolute atomic E-state index is 12.5. The van der Waals surface area contributed by atoms with E-state index in [1.165, 1.54) is 12.8 Å². The number of nitrogens with zero attached hydrogens (tertiary/aromatic N) is 2. The van der Waals surface area contributed by atoms with Crippen LogP contribution in [0.15, 0.2) is 60.7 Å². The van der Waals surface area contributed by atoms with Crippen LogP contribution in [-0.2, 0) is 0 Å². The second-order valence-electron chi connectivity index (χ2n) is 6.09. The predicted octanol–water partition coefficient (Wildman–Crippen LogP) is 4.09. The van der Waals surface area contributed by atoms with E-state index < -0.39 is 0 Å². The molecule has 1 fully saturated rings. The molecule has 1 aliphatic heterocycles. The van der Waals surface area contributed by atoms with E-state index in [2.05, 4.69) is 21.3 Å². The second kappa shape index (κ2) is 6.32. The van der Waals surface area contributed by atoms with Gasteiger partial charge in [0.1, 0.15) is 11.5 Å². The van der Waals surface area contributed by atoms with Crippen LogP contribution in [0.3, 0.4) is 0 Å². The highest BCUT2D eigenvalue weighted by Crippen LogP contribution is 2.21. The molecule has 0 saturated carbocycles. The minimum Gasteiger partial charge on any atom is -0.357 e. The number of hydrogen-bond acceptors (Lipinski definition) is 3. The van der Waals surface area contributed by atoms with Crippen LogP contribution in [0.2, 0.25) is 0 Å². The van der Waals surface area contributed by atoms with Gasteiger partial charge in [-0.2, -0.15) is 0 Å². The summed E-state index contributed by atoms with van der Waals surface area (Å²) in [6, 6.07) is 19.6. The Hall–Kier alpha value is -2.88. The van der Waals surface area contributed by atoms with Gasteiger partial charge in [-0.05, 0) is 47.9 Å². The molecule has 0 spiro atoms. The maximum atomic E-state index is 12.5. The fourth-order valence-electron chi connectivity index (χ4n) is 3.13. The number of amides is 1. The number of pyridine rings is 1. The number of anilines is 2. The Labute approximate surface area is 141 Å². The fourth-order valence-corrected chi connectivity index (χ4v) is 3.13. The van der Waals surface area contributed by atoms with Gasteiger partial charge in [0.2, 0.25) is 0 Å². The number of hydrogen-bond donors (Lipinski definition) is 1. The van der Waals surface area contributed by atoms with E-state index in [4.69, 9.17) is 0 Å². The molecule has 0 unspecified atom stereocenters. The summed E-state index contributed by atoms with van der Waals surface area (Å²) in [4.78, 5) is 19.3. The number of rotatable bonds is 3. The molecule has 1 saturated heterocycles. The van der Waals surface area contributed by atoms with Crippen molar-refractivity contribution in [3.63, 3.8) is 0 Å². The Morgan fingerprint density at radius 2 is 1.71 bits per heavy atom. The minimum absolute atomic E-state index is 0.175. The first-order chi connectivity index (χ1) is 11.8. The largest absolute Gasteiger partial charge is 0.357 e. The van der Waals surface area contributed by atoms with Crippen molar-refractivity contribution in [3.05, 3.63) is 66.4 Å². The molecule has 4 heteroatoms. The van der Waals surface area contributed by atoms with Gasteiger partial charge in [-0.25, -0.2) is 4.98 Å². The summed E-state index contributed by atoms with van der Waals surface area (Å²) in [6.07, 6.45) is 2.38. The number of carbonyl (C=O) groups excluding carboxylic acids is 1. The van der Waals surface area contributed by atoms with Gasteiger partial charge in [-0.3, -0.25) is 4.79 Å². The molecule has 1 aromatic heterocycles. The molecule has 2 aromatic carbocycles. The van der Waals surface area contributed by atoms with Crippen LogP contribution >= 0.6 is 0 Å². The van der Waals surface area contributed by atoms with Crippen LogP contribution in [0.1, 0.15) is 23.3 Å². The highest BCUT2D eigenvalue weighted by molar-refractivity contribution is 6.04. The molecular formula is C20H19N3O. The second-order valence-corrected chi connectivity index (χ2v) is 6.09. The van der Waals surface area contributed by atoms with Gasteiger partial charge in [-0.15, -0.1) is 0 Å². The number of nitrogens with one attached hydrogen (secondary N) is 1. The topological polar surface area (TPSA) is 45.2 Å². The lowest BCUT2D eigenvalue weighted by Crippen LogP contribution is -2.21. The average molecular weight is 317 g/mol. The lowest BCUT2D eigenvalue weighted by atomic mass is 10.1. The van der Waals surface area contributed by atoms with Crippen LogP contribution in [0, 0.1) is 0 Å². The van der Waals surface area contributed by atoms with E-state index in [0.29, 0.717) is 5.69 Å². The Kier molecular flexibility index (Phi) is 3.87. The van der Waals surface area contributed by atoms with Crippen molar-refractivity contribution in [2.24, 2.45) is 0 Å². The summed E-state index contributed by atoms with van der Waals surface area (Å²) in [6.45, 7) is 2.03. The molecule has 1 aliphatic rings. The SMILES string of the molecule is O=C(Nc1ccc2ccccc2c1)c1cccc(N2CCCC2)n1. The first-order valence-corrected chi connectivity index (χ1v) is 8.32. The number of fused-ring (bicyclic) bond motifs is 1. The summed E-state index contributed by atoms with van der Waals surface area (Å²) in [7, 11) is 0. The zero-order chi connectivity index (χ0) is 16.4. The molecule has 4 nitrogen and oxygen atoms in total. The summed E-state index contributed by atoms with van der Waals surface area (Å²) < 4.78 is 0. The van der Waals surface area contributed by atoms with Gasteiger partial charge in [0.05, 0.1) is 0 Å². The van der Waals surface area contributed by atoms with Gasteiger partial charge < -0.3 is 10.2 Å². The third-order valence-corrected chi connectivity index (χ3v) is 4.40. The molecule has 24 heavy (non-hydrogen) atoms. The Balaban J connectivity index is 1.55. The summed E-state index contributed by atoms with van der Waals surface area (Å²) in [5, 5.41) is 5.21. The first kappa shape index (κ1) is 14.7. The zero-order valence-electron chi connectivity index (χ0n) is 13.4. The van der Waals surface area contributed by atoms with Crippen LogP contribution in [0.25, 0.3) is 10.8 Å². The molecule has 1 amide bonds. The Bertz CT molecular complexity index is 885. The number of aromatic nitrogens is 1. The van der Waals surface area contributed by atoms with Gasteiger partial charge in [0.15, 0.2) is 0 Å². The molecule has 4 rings (SSSR count). The van der Waals surface area contributed by atoms with Crippen molar-refractivity contribution in [1.82, 2.24) is 4.98 Å². The van der Waals surface area contributed by atoms with Crippen molar-refractivity contribution in [1.29, 1.82) is 0 Å². The van der Waals surface area contributed by atoms with Gasteiger partial charge >= 0.3 is 0 Å². The Morgan fingerprint density at radius 3 is 2.54 bits per heavy atom. The molecule has 3 aromatic rings. The van der Waals surface area contributed by atoms with Gasteiger partial charge in [0, 0.05) is 18.8 Å². The lowest BCUT2D eigenvalue weighted by Gasteiger charge is -2.16. The van der Waals surface area contributed by atoms with E-state index in [-0.39, 0.29) is 5.91 Å². The summed E-state index contributed by atoms with van der Waals surface area (Å²) >= 11 is 0. The molecule has 2 heterocycles. The van der Waals surface area contributed by atoms with Crippen molar-refractivity contribution in [3.8, 4) is 0 Å². The lowest BCUT2D eigenvalue weighted by molar-refractivity contribution is 0.102. The van der Waals surface area contributed by atoms with E-state index in [0.717, 1.165) is 35.4 Å². The average Bonchev–Trinajstić information content (AvgIpc) is 3.16. The van der Waals surface area contributed by atoms with Crippen LogP contribution in [0.5, 0.6) is 0 Å². The third kappa shape index (κ3) is 2.95. The van der Waals surface area contributed by atoms with Crippen LogP contribution < -0.4 is 10.2 Å².